The molecule has 2 heterocycles. The van der Waals surface area contributed by atoms with Crippen LogP contribution in [-0.2, 0) is 0 Å². The van der Waals surface area contributed by atoms with Gasteiger partial charge < -0.3 is 0 Å². The highest BCUT2D eigenvalue weighted by atomic mass is 16.1. The number of hydrogen-bond acceptors (Lipinski definition) is 2. The summed E-state index contributed by atoms with van der Waals surface area (Å²) in [4.78, 5) is 18.2. The molecule has 0 saturated heterocycles. The lowest BCUT2D eigenvalue weighted by Crippen LogP contribution is -2.19. The SMILES string of the molecule is C/C=c1/cccc2c1c(C)nc1c3cccc4cccc(c(=O)n21)c43. The summed E-state index contributed by atoms with van der Waals surface area (Å²) in [7, 11) is 0. The highest BCUT2D eigenvalue weighted by Gasteiger charge is 2.15. The van der Waals surface area contributed by atoms with Crippen LogP contribution in [0.2, 0.25) is 0 Å². The summed E-state index contributed by atoms with van der Waals surface area (Å²) < 4.78 is 1.77. The zero-order valence-electron chi connectivity index (χ0n) is 14.1. The average molecular weight is 324 g/mol. The van der Waals surface area contributed by atoms with Crippen molar-refractivity contribution < 1.29 is 0 Å². The second-order valence-corrected chi connectivity index (χ2v) is 6.40. The quantitative estimate of drug-likeness (QED) is 0.319. The average Bonchev–Trinajstić information content (AvgIpc) is 2.65. The fourth-order valence-electron chi connectivity index (χ4n) is 3.97. The molecule has 3 heteroatoms. The molecule has 0 amide bonds. The van der Waals surface area contributed by atoms with Crippen LogP contribution in [0.3, 0.4) is 0 Å². The molecule has 3 aromatic carbocycles. The second-order valence-electron chi connectivity index (χ2n) is 6.40. The molecule has 25 heavy (non-hydrogen) atoms. The summed E-state index contributed by atoms with van der Waals surface area (Å²) >= 11 is 0. The topological polar surface area (TPSA) is 34.4 Å². The Morgan fingerprint density at radius 1 is 0.920 bits per heavy atom. The molecule has 0 fully saturated rings. The number of aromatic nitrogens is 2. The predicted octanol–water partition coefficient (Wildman–Crippen LogP) is 3.98. The third-order valence-electron chi connectivity index (χ3n) is 5.05. The van der Waals surface area contributed by atoms with Crippen LogP contribution in [0.25, 0.3) is 44.2 Å². The van der Waals surface area contributed by atoms with Crippen LogP contribution in [0.5, 0.6) is 0 Å². The van der Waals surface area contributed by atoms with Crippen molar-refractivity contribution in [2.75, 3.05) is 0 Å². The molecule has 3 nitrogen and oxygen atoms in total. The minimum absolute atomic E-state index is 0.00921. The van der Waals surface area contributed by atoms with Crippen LogP contribution < -0.4 is 10.8 Å². The summed E-state index contributed by atoms with van der Waals surface area (Å²) in [6, 6.07) is 18.1. The van der Waals surface area contributed by atoms with Crippen molar-refractivity contribution in [1.29, 1.82) is 0 Å². The van der Waals surface area contributed by atoms with Crippen LogP contribution >= 0.6 is 0 Å². The van der Waals surface area contributed by atoms with Crippen LogP contribution in [0.4, 0.5) is 0 Å². The van der Waals surface area contributed by atoms with Gasteiger partial charge in [-0.15, -0.1) is 0 Å². The lowest BCUT2D eigenvalue weighted by atomic mass is 10.0. The van der Waals surface area contributed by atoms with Crippen LogP contribution in [0.15, 0.2) is 59.4 Å². The Morgan fingerprint density at radius 2 is 1.64 bits per heavy atom. The lowest BCUT2D eigenvalue weighted by Gasteiger charge is -2.13. The van der Waals surface area contributed by atoms with E-state index in [1.54, 1.807) is 4.40 Å². The molecule has 0 bridgehead atoms. The smallest absolute Gasteiger partial charge is 0.264 e. The maximum absolute atomic E-state index is 13.3. The Hall–Kier alpha value is -3.20. The first-order chi connectivity index (χ1) is 12.2. The molecule has 0 aliphatic heterocycles. The van der Waals surface area contributed by atoms with Gasteiger partial charge in [-0.05, 0) is 36.6 Å². The monoisotopic (exact) mass is 324 g/mol. The molecular weight excluding hydrogens is 308 g/mol. The van der Waals surface area contributed by atoms with Crippen molar-refractivity contribution in [1.82, 2.24) is 9.38 Å². The zero-order valence-corrected chi connectivity index (χ0v) is 14.1. The summed E-state index contributed by atoms with van der Waals surface area (Å²) in [5.74, 6) is 0. The van der Waals surface area contributed by atoms with Gasteiger partial charge in [-0.1, -0.05) is 48.5 Å². The van der Waals surface area contributed by atoms with E-state index < -0.39 is 0 Å². The van der Waals surface area contributed by atoms with Gasteiger partial charge in [0.05, 0.1) is 5.52 Å². The van der Waals surface area contributed by atoms with Gasteiger partial charge in [-0.2, -0.15) is 0 Å². The van der Waals surface area contributed by atoms with Gasteiger partial charge in [-0.3, -0.25) is 9.20 Å². The van der Waals surface area contributed by atoms with Gasteiger partial charge in [0, 0.05) is 27.2 Å². The van der Waals surface area contributed by atoms with E-state index in [4.69, 9.17) is 4.98 Å². The van der Waals surface area contributed by atoms with Crippen molar-refractivity contribution in [2.24, 2.45) is 0 Å². The van der Waals surface area contributed by atoms with E-state index in [0.29, 0.717) is 0 Å². The number of aryl methyl sites for hydroxylation is 1. The van der Waals surface area contributed by atoms with Crippen LogP contribution in [0, 0.1) is 6.92 Å². The standard InChI is InChI=1S/C22H16N2O/c1-3-14-7-6-12-18-19(14)13(2)23-21-16-10-4-8-15-9-5-11-17(20(15)16)22(25)24(18)21/h3-12H,1-2H3/b14-3-. The Bertz CT molecular complexity index is 1420. The minimum atomic E-state index is -0.00921. The molecule has 0 atom stereocenters. The molecule has 120 valence electrons. The number of hydrogen-bond donors (Lipinski definition) is 0. The predicted molar refractivity (Wildman–Crippen MR) is 104 cm³/mol. The van der Waals surface area contributed by atoms with E-state index in [0.717, 1.165) is 49.0 Å². The Kier molecular flexibility index (Phi) is 2.78. The van der Waals surface area contributed by atoms with Crippen molar-refractivity contribution in [3.05, 3.63) is 75.9 Å². The van der Waals surface area contributed by atoms with E-state index >= 15 is 0 Å². The molecule has 0 aliphatic carbocycles. The highest BCUT2D eigenvalue weighted by Crippen LogP contribution is 2.28. The number of fused-ring (bicyclic) bond motifs is 4. The summed E-state index contributed by atoms with van der Waals surface area (Å²) in [5.41, 5.74) is 2.58. The summed E-state index contributed by atoms with van der Waals surface area (Å²) in [5, 5.41) is 5.97. The van der Waals surface area contributed by atoms with Crippen molar-refractivity contribution >= 4 is 44.2 Å². The van der Waals surface area contributed by atoms with E-state index in [1.807, 2.05) is 56.3 Å². The second kappa shape index (κ2) is 4.90. The lowest BCUT2D eigenvalue weighted by molar-refractivity contribution is 1.10. The number of pyridine rings is 1. The molecule has 0 N–H and O–H groups in total. The fraction of sp³-hybridized carbons (Fsp3) is 0.0909. The molecule has 0 aliphatic rings. The van der Waals surface area contributed by atoms with E-state index in [2.05, 4.69) is 18.2 Å². The third-order valence-corrected chi connectivity index (χ3v) is 5.05. The summed E-state index contributed by atoms with van der Waals surface area (Å²) in [6.07, 6.45) is 2.06. The molecule has 0 spiro atoms. The minimum Gasteiger partial charge on any atom is -0.268 e. The van der Waals surface area contributed by atoms with Crippen molar-refractivity contribution in [3.63, 3.8) is 0 Å². The molecular formula is C22H16N2O. The third kappa shape index (κ3) is 1.75. The number of rotatable bonds is 0. The van der Waals surface area contributed by atoms with Crippen molar-refractivity contribution in [3.8, 4) is 0 Å². The zero-order chi connectivity index (χ0) is 17.1. The van der Waals surface area contributed by atoms with Gasteiger partial charge in [0.25, 0.3) is 5.56 Å². The van der Waals surface area contributed by atoms with Crippen LogP contribution in [-0.4, -0.2) is 9.38 Å². The van der Waals surface area contributed by atoms with Gasteiger partial charge in [0.15, 0.2) is 0 Å². The van der Waals surface area contributed by atoms with E-state index in [-0.39, 0.29) is 5.56 Å². The Balaban J connectivity index is 2.25. The highest BCUT2D eigenvalue weighted by molar-refractivity contribution is 6.14. The summed E-state index contributed by atoms with van der Waals surface area (Å²) in [6.45, 7) is 4.03. The molecule has 2 aromatic heterocycles. The van der Waals surface area contributed by atoms with Gasteiger partial charge in [0.2, 0.25) is 0 Å². The molecule has 0 radical (unpaired) electrons. The Labute approximate surface area is 143 Å². The van der Waals surface area contributed by atoms with E-state index in [1.165, 1.54) is 0 Å². The first kappa shape index (κ1) is 14.2. The van der Waals surface area contributed by atoms with E-state index in [9.17, 15) is 4.79 Å². The maximum atomic E-state index is 13.3. The molecule has 5 aromatic rings. The maximum Gasteiger partial charge on any atom is 0.264 e. The molecule has 0 saturated carbocycles. The Morgan fingerprint density at radius 3 is 2.40 bits per heavy atom. The fourth-order valence-corrected chi connectivity index (χ4v) is 3.97. The largest absolute Gasteiger partial charge is 0.268 e. The van der Waals surface area contributed by atoms with Gasteiger partial charge >= 0.3 is 0 Å². The van der Waals surface area contributed by atoms with Gasteiger partial charge in [-0.25, -0.2) is 4.98 Å². The van der Waals surface area contributed by atoms with Gasteiger partial charge in [0.1, 0.15) is 5.65 Å². The molecule has 0 unspecified atom stereocenters. The number of benzene rings is 3. The van der Waals surface area contributed by atoms with Crippen molar-refractivity contribution in [2.45, 2.75) is 13.8 Å². The van der Waals surface area contributed by atoms with Crippen LogP contribution in [0.1, 0.15) is 12.6 Å². The normalized spacial score (nSPS) is 12.8. The molecule has 5 rings (SSSR count). The first-order valence-corrected chi connectivity index (χ1v) is 8.42. The first-order valence-electron chi connectivity index (χ1n) is 8.42. The number of nitrogens with zero attached hydrogens (tertiary/aromatic N) is 2.